The number of anilines is 1. The molecule has 0 bridgehead atoms. The van der Waals surface area contributed by atoms with Gasteiger partial charge in [0.25, 0.3) is 0 Å². The average molecular weight is 278 g/mol. The average Bonchev–Trinajstić information content (AvgIpc) is 2.41. The number of carbonyl (C=O) groups excluding carboxylic acids is 1. The van der Waals surface area contributed by atoms with Crippen molar-refractivity contribution in [2.75, 3.05) is 18.6 Å². The van der Waals surface area contributed by atoms with Gasteiger partial charge in [-0.2, -0.15) is 5.26 Å². The fourth-order valence-corrected chi connectivity index (χ4v) is 1.73. The Morgan fingerprint density at radius 2 is 2.05 bits per heavy atom. The van der Waals surface area contributed by atoms with Gasteiger partial charge >= 0.3 is 5.97 Å². The highest BCUT2D eigenvalue weighted by Crippen LogP contribution is 2.24. The molecule has 19 heavy (non-hydrogen) atoms. The number of benzene rings is 1. The van der Waals surface area contributed by atoms with Crippen LogP contribution in [0.25, 0.3) is 0 Å². The van der Waals surface area contributed by atoms with E-state index in [1.54, 1.807) is 43.5 Å². The number of hydrogen-bond donors (Lipinski definition) is 1. The topological polar surface area (TPSA) is 85.3 Å². The number of nitriles is 1. The van der Waals surface area contributed by atoms with Crippen LogP contribution in [-0.2, 0) is 9.53 Å². The van der Waals surface area contributed by atoms with Crippen LogP contribution in [0.5, 0.6) is 5.75 Å². The van der Waals surface area contributed by atoms with E-state index in [2.05, 4.69) is 0 Å². The molecule has 1 rings (SSSR count). The van der Waals surface area contributed by atoms with Crippen molar-refractivity contribution in [1.82, 2.24) is 0 Å². The number of nitrogens with zero attached hydrogens (tertiary/aromatic N) is 1. The predicted molar refractivity (Wildman–Crippen MR) is 74.3 cm³/mol. The second kappa shape index (κ2) is 7.34. The van der Waals surface area contributed by atoms with E-state index in [0.717, 1.165) is 11.8 Å². The number of esters is 1. The second-order valence-corrected chi connectivity index (χ2v) is 4.15. The van der Waals surface area contributed by atoms with Crippen molar-refractivity contribution < 1.29 is 14.3 Å². The Morgan fingerprint density at radius 3 is 2.53 bits per heavy atom. The summed E-state index contributed by atoms with van der Waals surface area (Å²) in [4.78, 5) is 11.6. The zero-order chi connectivity index (χ0) is 14.3. The maximum Gasteiger partial charge on any atom is 0.353 e. The molecule has 6 heteroatoms. The van der Waals surface area contributed by atoms with Gasteiger partial charge in [0.1, 0.15) is 11.8 Å². The number of carbonyl (C=O) groups is 1. The van der Waals surface area contributed by atoms with Crippen molar-refractivity contribution in [2.45, 2.75) is 6.92 Å². The smallest absolute Gasteiger partial charge is 0.353 e. The first-order chi connectivity index (χ1) is 9.12. The third-order valence-corrected chi connectivity index (χ3v) is 2.73. The second-order valence-electron chi connectivity index (χ2n) is 3.37. The number of ether oxygens (including phenoxy) is 2. The van der Waals surface area contributed by atoms with E-state index in [0.29, 0.717) is 11.4 Å². The van der Waals surface area contributed by atoms with E-state index in [4.69, 9.17) is 20.5 Å². The maximum absolute atomic E-state index is 11.6. The predicted octanol–water partition coefficient (Wildman–Crippen LogP) is 2.31. The van der Waals surface area contributed by atoms with Gasteiger partial charge in [0, 0.05) is 5.69 Å². The Morgan fingerprint density at radius 1 is 1.42 bits per heavy atom. The van der Waals surface area contributed by atoms with Crippen molar-refractivity contribution in [1.29, 1.82) is 5.26 Å². The van der Waals surface area contributed by atoms with Gasteiger partial charge in [-0.3, -0.25) is 0 Å². The van der Waals surface area contributed by atoms with E-state index in [1.165, 1.54) is 0 Å². The van der Waals surface area contributed by atoms with Crippen LogP contribution in [-0.4, -0.2) is 18.8 Å². The third-order valence-electron chi connectivity index (χ3n) is 2.07. The minimum atomic E-state index is -0.690. The molecule has 0 unspecified atom stereocenters. The van der Waals surface area contributed by atoms with Gasteiger partial charge in [0.2, 0.25) is 0 Å². The molecule has 0 aromatic heterocycles. The summed E-state index contributed by atoms with van der Waals surface area (Å²) in [6.45, 7) is 1.88. The van der Waals surface area contributed by atoms with Crippen LogP contribution in [0.2, 0.25) is 0 Å². The van der Waals surface area contributed by atoms with Crippen LogP contribution in [0, 0.1) is 11.3 Å². The van der Waals surface area contributed by atoms with Gasteiger partial charge in [-0.15, -0.1) is 0 Å². The van der Waals surface area contributed by atoms with Gasteiger partial charge in [-0.05, 0) is 37.4 Å². The van der Waals surface area contributed by atoms with Crippen LogP contribution < -0.4 is 10.5 Å². The van der Waals surface area contributed by atoms with Crippen molar-refractivity contribution >= 4 is 23.4 Å². The summed E-state index contributed by atoms with van der Waals surface area (Å²) < 4.78 is 10.3. The molecule has 100 valence electrons. The lowest BCUT2D eigenvalue weighted by Crippen LogP contribution is -2.10. The molecule has 1 aromatic carbocycles. The molecule has 2 N–H and O–H groups in total. The molecule has 5 nitrogen and oxygen atoms in total. The summed E-state index contributed by atoms with van der Waals surface area (Å²) in [7, 11) is 0. The normalized spacial score (nSPS) is 11.2. The standard InChI is InChI=1S/C13H14N2O3S/c1-3-17-12(16)11(8-14)13(19-2)18-10-6-4-9(15)5-7-10/h4-7H,3,15H2,1-2H3/b13-11-. The van der Waals surface area contributed by atoms with Crippen LogP contribution >= 0.6 is 11.8 Å². The van der Waals surface area contributed by atoms with E-state index in [-0.39, 0.29) is 17.3 Å². The molecular formula is C13H14N2O3S. The quantitative estimate of drug-likeness (QED) is 0.292. The number of nitrogen functional groups attached to an aromatic ring is 1. The largest absolute Gasteiger partial charge is 0.462 e. The lowest BCUT2D eigenvalue weighted by atomic mass is 10.3. The molecule has 0 amide bonds. The van der Waals surface area contributed by atoms with Crippen molar-refractivity contribution in [3.05, 3.63) is 34.9 Å². The highest BCUT2D eigenvalue weighted by molar-refractivity contribution is 8.02. The fourth-order valence-electron chi connectivity index (χ4n) is 1.22. The van der Waals surface area contributed by atoms with Crippen LogP contribution in [0.15, 0.2) is 34.9 Å². The lowest BCUT2D eigenvalue weighted by Gasteiger charge is -2.09. The highest BCUT2D eigenvalue weighted by atomic mass is 32.2. The molecule has 0 aliphatic heterocycles. The molecule has 0 fully saturated rings. The zero-order valence-corrected chi connectivity index (χ0v) is 11.5. The fraction of sp³-hybridized carbons (Fsp3) is 0.231. The molecule has 0 spiro atoms. The first kappa shape index (κ1) is 14.9. The maximum atomic E-state index is 11.6. The van der Waals surface area contributed by atoms with Crippen molar-refractivity contribution in [3.8, 4) is 11.8 Å². The molecule has 0 aliphatic rings. The van der Waals surface area contributed by atoms with Gasteiger partial charge < -0.3 is 15.2 Å². The highest BCUT2D eigenvalue weighted by Gasteiger charge is 2.18. The first-order valence-corrected chi connectivity index (χ1v) is 6.73. The number of nitrogens with two attached hydrogens (primary N) is 1. The lowest BCUT2D eigenvalue weighted by molar-refractivity contribution is -0.138. The van der Waals surface area contributed by atoms with Crippen LogP contribution in [0.1, 0.15) is 6.92 Å². The molecule has 0 saturated carbocycles. The monoisotopic (exact) mass is 278 g/mol. The van der Waals surface area contributed by atoms with E-state index in [1.807, 2.05) is 0 Å². The Balaban J connectivity index is 3.00. The number of hydrogen-bond acceptors (Lipinski definition) is 6. The van der Waals surface area contributed by atoms with Gasteiger partial charge in [0.05, 0.1) is 6.61 Å². The number of thioether (sulfide) groups is 1. The molecule has 0 heterocycles. The van der Waals surface area contributed by atoms with Crippen molar-refractivity contribution in [3.63, 3.8) is 0 Å². The van der Waals surface area contributed by atoms with Gasteiger partial charge in [0.15, 0.2) is 10.7 Å². The van der Waals surface area contributed by atoms with E-state index in [9.17, 15) is 4.79 Å². The summed E-state index contributed by atoms with van der Waals surface area (Å²) in [6.07, 6.45) is 1.71. The summed E-state index contributed by atoms with van der Waals surface area (Å²) in [6, 6.07) is 8.46. The summed E-state index contributed by atoms with van der Waals surface area (Å²) in [5, 5.41) is 9.22. The third kappa shape index (κ3) is 4.23. The molecule has 0 atom stereocenters. The minimum absolute atomic E-state index is 0.147. The first-order valence-electron chi connectivity index (χ1n) is 5.51. The molecule has 0 radical (unpaired) electrons. The van der Waals surface area contributed by atoms with Crippen molar-refractivity contribution in [2.24, 2.45) is 0 Å². The SMILES string of the molecule is CCOC(=O)/C(C#N)=C(/Oc1ccc(N)cc1)SC. The van der Waals surface area contributed by atoms with Gasteiger partial charge in [-0.1, -0.05) is 11.8 Å². The molecule has 0 saturated heterocycles. The van der Waals surface area contributed by atoms with E-state index >= 15 is 0 Å². The van der Waals surface area contributed by atoms with Gasteiger partial charge in [-0.25, -0.2) is 4.79 Å². The zero-order valence-electron chi connectivity index (χ0n) is 10.7. The Bertz CT molecular complexity index is 518. The Labute approximate surface area is 116 Å². The molecular weight excluding hydrogens is 264 g/mol. The van der Waals surface area contributed by atoms with Crippen LogP contribution in [0.3, 0.4) is 0 Å². The van der Waals surface area contributed by atoms with E-state index < -0.39 is 5.97 Å². The summed E-state index contributed by atoms with van der Waals surface area (Å²) >= 11 is 1.16. The molecule has 1 aromatic rings. The summed E-state index contributed by atoms with van der Waals surface area (Å²) in [5.41, 5.74) is 6.02. The molecule has 0 aliphatic carbocycles. The Kier molecular flexibility index (Phi) is 5.76. The minimum Gasteiger partial charge on any atom is -0.462 e. The van der Waals surface area contributed by atoms with Crippen LogP contribution in [0.4, 0.5) is 5.69 Å². The Hall–Kier alpha value is -2.13. The number of rotatable bonds is 5. The summed E-state index contributed by atoms with van der Waals surface area (Å²) in [5.74, 6) is -0.194.